The van der Waals surface area contributed by atoms with Gasteiger partial charge in [0.2, 0.25) is 0 Å². The van der Waals surface area contributed by atoms with Crippen LogP contribution in [0.15, 0.2) is 18.2 Å². The van der Waals surface area contributed by atoms with Crippen molar-refractivity contribution in [1.82, 2.24) is 20.6 Å². The van der Waals surface area contributed by atoms with Crippen LogP contribution in [0.1, 0.15) is 11.4 Å². The van der Waals surface area contributed by atoms with E-state index in [1.165, 1.54) is 0 Å². The maximum atomic E-state index is 5.78. The quantitative estimate of drug-likeness (QED) is 0.640. The number of H-pyrrole nitrogens is 1. The van der Waals surface area contributed by atoms with Gasteiger partial charge in [-0.1, -0.05) is 11.3 Å². The maximum absolute atomic E-state index is 5.78. The van der Waals surface area contributed by atoms with Gasteiger partial charge in [-0.25, -0.2) is 0 Å². The average Bonchev–Trinajstić information content (AvgIpc) is 2.73. The summed E-state index contributed by atoms with van der Waals surface area (Å²) in [4.78, 5) is 0. The van der Waals surface area contributed by atoms with E-state index < -0.39 is 0 Å². The van der Waals surface area contributed by atoms with Gasteiger partial charge in [-0.15, -0.1) is 10.2 Å². The molecule has 0 atom stereocenters. The molecule has 0 amide bonds. The van der Waals surface area contributed by atoms with E-state index in [1.54, 1.807) is 0 Å². The van der Waals surface area contributed by atoms with E-state index in [-0.39, 0.29) is 0 Å². The van der Waals surface area contributed by atoms with Gasteiger partial charge >= 0.3 is 0 Å². The number of nitrogen functional groups attached to an aromatic ring is 1. The van der Waals surface area contributed by atoms with Gasteiger partial charge in [-0.3, -0.25) is 0 Å². The Hall–Kier alpha value is -2.11. The van der Waals surface area contributed by atoms with E-state index in [1.807, 2.05) is 25.1 Å². The number of nitrogens with one attached hydrogen (secondary N) is 2. The molecule has 6 nitrogen and oxygen atoms in total. The molecule has 0 saturated heterocycles. The second kappa shape index (κ2) is 3.95. The van der Waals surface area contributed by atoms with Crippen LogP contribution in [0.4, 0.5) is 11.4 Å². The summed E-state index contributed by atoms with van der Waals surface area (Å²) in [6, 6.07) is 5.74. The average molecular weight is 204 g/mol. The fourth-order valence-corrected chi connectivity index (χ4v) is 1.28. The number of aromatic nitrogens is 4. The highest BCUT2D eigenvalue weighted by atomic mass is 15.5. The minimum Gasteiger partial charge on any atom is -0.398 e. The van der Waals surface area contributed by atoms with E-state index >= 15 is 0 Å². The summed E-state index contributed by atoms with van der Waals surface area (Å²) in [6.45, 7) is 2.49. The standard InChI is InChI=1S/C9H12N6/c1-6-7(10)3-2-4-8(6)11-5-9-12-14-15-13-9/h2-4,11H,5,10H2,1H3,(H,12,13,14,15). The molecule has 0 saturated carbocycles. The second-order valence-electron chi connectivity index (χ2n) is 3.20. The Labute approximate surface area is 86.9 Å². The molecule has 1 aromatic carbocycles. The molecule has 4 N–H and O–H groups in total. The third-order valence-corrected chi connectivity index (χ3v) is 2.20. The van der Waals surface area contributed by atoms with Crippen molar-refractivity contribution >= 4 is 11.4 Å². The summed E-state index contributed by atoms with van der Waals surface area (Å²) in [7, 11) is 0. The molecule has 1 heterocycles. The fraction of sp³-hybridized carbons (Fsp3) is 0.222. The van der Waals surface area contributed by atoms with Crippen LogP contribution in [0.5, 0.6) is 0 Å². The van der Waals surface area contributed by atoms with E-state index in [0.717, 1.165) is 16.9 Å². The lowest BCUT2D eigenvalue weighted by Gasteiger charge is -2.09. The molecule has 1 aromatic heterocycles. The zero-order valence-corrected chi connectivity index (χ0v) is 8.36. The van der Waals surface area contributed by atoms with Gasteiger partial charge in [0, 0.05) is 11.4 Å². The van der Waals surface area contributed by atoms with Gasteiger partial charge in [0.15, 0.2) is 5.82 Å². The summed E-state index contributed by atoms with van der Waals surface area (Å²) in [5, 5.41) is 16.7. The summed E-state index contributed by atoms with van der Waals surface area (Å²) < 4.78 is 0. The number of aromatic amines is 1. The molecule has 0 bridgehead atoms. The first kappa shape index (κ1) is 9.45. The van der Waals surface area contributed by atoms with Gasteiger partial charge in [0.1, 0.15) is 0 Å². The Kier molecular flexibility index (Phi) is 2.49. The lowest BCUT2D eigenvalue weighted by atomic mass is 10.1. The normalized spacial score (nSPS) is 10.2. The monoisotopic (exact) mass is 204 g/mol. The van der Waals surface area contributed by atoms with Gasteiger partial charge in [0.05, 0.1) is 6.54 Å². The largest absolute Gasteiger partial charge is 0.398 e. The van der Waals surface area contributed by atoms with Crippen LogP contribution in [0.25, 0.3) is 0 Å². The second-order valence-corrected chi connectivity index (χ2v) is 3.20. The molecule has 0 radical (unpaired) electrons. The van der Waals surface area contributed by atoms with Crippen molar-refractivity contribution in [2.75, 3.05) is 11.1 Å². The van der Waals surface area contributed by atoms with Crippen LogP contribution in [-0.2, 0) is 6.54 Å². The van der Waals surface area contributed by atoms with Crippen LogP contribution in [0.3, 0.4) is 0 Å². The number of tetrazole rings is 1. The molecule has 15 heavy (non-hydrogen) atoms. The predicted molar refractivity (Wildman–Crippen MR) is 57.1 cm³/mol. The van der Waals surface area contributed by atoms with E-state index in [4.69, 9.17) is 5.73 Å². The number of anilines is 2. The molecule has 0 unspecified atom stereocenters. The number of nitrogens with zero attached hydrogens (tertiary/aromatic N) is 3. The maximum Gasteiger partial charge on any atom is 0.193 e. The van der Waals surface area contributed by atoms with Crippen LogP contribution < -0.4 is 11.1 Å². The van der Waals surface area contributed by atoms with Gasteiger partial charge in [-0.2, -0.15) is 5.21 Å². The summed E-state index contributed by atoms with van der Waals surface area (Å²) in [5.41, 5.74) is 8.57. The molecule has 0 aliphatic carbocycles. The first-order valence-electron chi connectivity index (χ1n) is 4.58. The Bertz CT molecular complexity index is 436. The topological polar surface area (TPSA) is 92.5 Å². The van der Waals surface area contributed by atoms with E-state index in [0.29, 0.717) is 12.4 Å². The van der Waals surface area contributed by atoms with Crippen LogP contribution >= 0.6 is 0 Å². The molecule has 0 aliphatic heterocycles. The molecule has 0 aliphatic rings. The molecule has 0 spiro atoms. The number of benzene rings is 1. The third kappa shape index (κ3) is 2.04. The summed E-state index contributed by atoms with van der Waals surface area (Å²) in [6.07, 6.45) is 0. The van der Waals surface area contributed by atoms with Gasteiger partial charge in [-0.05, 0) is 24.6 Å². The Morgan fingerprint density at radius 2 is 2.33 bits per heavy atom. The minimum absolute atomic E-state index is 0.529. The van der Waals surface area contributed by atoms with Crippen molar-refractivity contribution < 1.29 is 0 Å². The van der Waals surface area contributed by atoms with E-state index in [2.05, 4.69) is 25.9 Å². The highest BCUT2D eigenvalue weighted by Crippen LogP contribution is 2.20. The van der Waals surface area contributed by atoms with Crippen molar-refractivity contribution in [2.24, 2.45) is 0 Å². The van der Waals surface area contributed by atoms with E-state index in [9.17, 15) is 0 Å². The van der Waals surface area contributed by atoms with Crippen LogP contribution in [-0.4, -0.2) is 20.6 Å². The molecular weight excluding hydrogens is 192 g/mol. The van der Waals surface area contributed by atoms with Crippen molar-refractivity contribution in [3.63, 3.8) is 0 Å². The Balaban J connectivity index is 2.08. The SMILES string of the molecule is Cc1c(N)cccc1NCc1nn[nH]n1. The zero-order chi connectivity index (χ0) is 10.7. The lowest BCUT2D eigenvalue weighted by Crippen LogP contribution is -2.04. The van der Waals surface area contributed by atoms with Crippen molar-refractivity contribution in [3.8, 4) is 0 Å². The number of nitrogens with two attached hydrogens (primary N) is 1. The highest BCUT2D eigenvalue weighted by Gasteiger charge is 2.02. The first-order chi connectivity index (χ1) is 7.27. The minimum atomic E-state index is 0.529. The Morgan fingerprint density at radius 1 is 1.47 bits per heavy atom. The zero-order valence-electron chi connectivity index (χ0n) is 8.36. The van der Waals surface area contributed by atoms with Crippen molar-refractivity contribution in [2.45, 2.75) is 13.5 Å². The predicted octanol–water partition coefficient (Wildman–Crippen LogP) is 0.702. The van der Waals surface area contributed by atoms with Crippen LogP contribution in [0, 0.1) is 6.92 Å². The highest BCUT2D eigenvalue weighted by molar-refractivity contribution is 5.62. The van der Waals surface area contributed by atoms with Crippen molar-refractivity contribution in [1.29, 1.82) is 0 Å². The summed E-state index contributed by atoms with van der Waals surface area (Å²) >= 11 is 0. The Morgan fingerprint density at radius 3 is 3.07 bits per heavy atom. The first-order valence-corrected chi connectivity index (χ1v) is 4.58. The number of hydrogen-bond donors (Lipinski definition) is 3. The fourth-order valence-electron chi connectivity index (χ4n) is 1.28. The summed E-state index contributed by atoms with van der Waals surface area (Å²) in [5.74, 6) is 0.622. The molecule has 0 fully saturated rings. The molecule has 2 rings (SSSR count). The lowest BCUT2D eigenvalue weighted by molar-refractivity contribution is 0.881. The molecule has 6 heteroatoms. The molecular formula is C9H12N6. The molecule has 2 aromatic rings. The molecule has 78 valence electrons. The van der Waals surface area contributed by atoms with Crippen LogP contribution in [0.2, 0.25) is 0 Å². The van der Waals surface area contributed by atoms with Crippen molar-refractivity contribution in [3.05, 3.63) is 29.6 Å². The van der Waals surface area contributed by atoms with Gasteiger partial charge < -0.3 is 11.1 Å². The smallest absolute Gasteiger partial charge is 0.193 e. The van der Waals surface area contributed by atoms with Gasteiger partial charge in [0.25, 0.3) is 0 Å². The third-order valence-electron chi connectivity index (χ3n) is 2.20. The number of hydrogen-bond acceptors (Lipinski definition) is 5. The number of rotatable bonds is 3.